The fourth-order valence-corrected chi connectivity index (χ4v) is 2.53. The van der Waals surface area contributed by atoms with E-state index in [-0.39, 0.29) is 5.91 Å². The lowest BCUT2D eigenvalue weighted by molar-refractivity contribution is 0.0594. The molecule has 0 unspecified atom stereocenters. The number of carbonyl (C=O) groups is 1. The van der Waals surface area contributed by atoms with Gasteiger partial charge < -0.3 is 9.64 Å². The summed E-state index contributed by atoms with van der Waals surface area (Å²) in [7, 11) is 1.72. The molecule has 0 aromatic heterocycles. The second-order valence-corrected chi connectivity index (χ2v) is 5.88. The Labute approximate surface area is 127 Å². The van der Waals surface area contributed by atoms with E-state index < -0.39 is 0 Å². The number of hydrogen-bond acceptors (Lipinski definition) is 3. The van der Waals surface area contributed by atoms with E-state index in [9.17, 15) is 4.79 Å². The average Bonchev–Trinajstić information content (AvgIpc) is 2.46. The number of ether oxygens (including phenoxy) is 1. The minimum Gasteiger partial charge on any atom is -0.383 e. The van der Waals surface area contributed by atoms with Crippen LogP contribution >= 0.6 is 22.6 Å². The topological polar surface area (TPSA) is 32.8 Å². The fraction of sp³-hybridized carbons (Fsp3) is 0.500. The fourth-order valence-electron chi connectivity index (χ4n) is 2.17. The van der Waals surface area contributed by atoms with Crippen molar-refractivity contribution in [1.29, 1.82) is 0 Å². The minimum absolute atomic E-state index is 0.141. The maximum Gasteiger partial charge on any atom is 0.253 e. The van der Waals surface area contributed by atoms with E-state index in [0.29, 0.717) is 0 Å². The molecule has 19 heavy (non-hydrogen) atoms. The van der Waals surface area contributed by atoms with Crippen molar-refractivity contribution in [2.75, 3.05) is 46.4 Å². The maximum atomic E-state index is 12.3. The van der Waals surface area contributed by atoms with Crippen molar-refractivity contribution < 1.29 is 9.53 Å². The van der Waals surface area contributed by atoms with Crippen molar-refractivity contribution in [3.05, 3.63) is 33.4 Å². The Morgan fingerprint density at radius 1 is 1.21 bits per heavy atom. The average molecular weight is 374 g/mol. The third-order valence-corrected chi connectivity index (χ3v) is 4.08. The number of amides is 1. The lowest BCUT2D eigenvalue weighted by atomic mass is 10.2. The number of halogens is 1. The second kappa shape index (κ2) is 7.21. The van der Waals surface area contributed by atoms with Crippen LogP contribution in [0.1, 0.15) is 10.4 Å². The van der Waals surface area contributed by atoms with Crippen LogP contribution < -0.4 is 0 Å². The van der Waals surface area contributed by atoms with Gasteiger partial charge in [0.1, 0.15) is 0 Å². The van der Waals surface area contributed by atoms with Gasteiger partial charge in [0.2, 0.25) is 0 Å². The lowest BCUT2D eigenvalue weighted by Crippen LogP contribution is -2.49. The molecule has 5 heteroatoms. The lowest BCUT2D eigenvalue weighted by Gasteiger charge is -2.34. The largest absolute Gasteiger partial charge is 0.383 e. The summed E-state index contributed by atoms with van der Waals surface area (Å²) in [4.78, 5) is 16.6. The van der Waals surface area contributed by atoms with Crippen LogP contribution in [0.4, 0.5) is 0 Å². The summed E-state index contributed by atoms with van der Waals surface area (Å²) in [6, 6.07) is 7.76. The molecule has 0 radical (unpaired) electrons. The molecule has 0 aliphatic carbocycles. The van der Waals surface area contributed by atoms with Crippen molar-refractivity contribution >= 4 is 28.5 Å². The molecule has 0 atom stereocenters. The summed E-state index contributed by atoms with van der Waals surface area (Å²) in [6.07, 6.45) is 0. The predicted molar refractivity (Wildman–Crippen MR) is 83.4 cm³/mol. The number of benzene rings is 1. The van der Waals surface area contributed by atoms with Gasteiger partial charge in [-0.3, -0.25) is 9.69 Å². The Hall–Kier alpha value is -0.660. The predicted octanol–water partition coefficient (Wildman–Crippen LogP) is 1.70. The van der Waals surface area contributed by atoms with Crippen LogP contribution in [0.3, 0.4) is 0 Å². The van der Waals surface area contributed by atoms with Crippen molar-refractivity contribution in [3.8, 4) is 0 Å². The van der Waals surface area contributed by atoms with Gasteiger partial charge in [-0.15, -0.1) is 0 Å². The zero-order valence-electron chi connectivity index (χ0n) is 11.1. The van der Waals surface area contributed by atoms with Crippen LogP contribution in [0.25, 0.3) is 0 Å². The molecule has 0 N–H and O–H groups in total. The Balaban J connectivity index is 1.87. The molecule has 0 saturated carbocycles. The normalized spacial score (nSPS) is 16.6. The second-order valence-electron chi connectivity index (χ2n) is 4.63. The first-order chi connectivity index (χ1) is 9.20. The number of methoxy groups -OCH3 is 1. The van der Waals surface area contributed by atoms with Gasteiger partial charge in [-0.05, 0) is 46.9 Å². The standard InChI is InChI=1S/C14H19IN2O2/c1-19-11-10-16-6-8-17(9-7-16)14(18)12-2-4-13(15)5-3-12/h2-5H,6-11H2,1H3. The first kappa shape index (κ1) is 14.7. The zero-order chi connectivity index (χ0) is 13.7. The number of rotatable bonds is 4. The van der Waals surface area contributed by atoms with E-state index in [1.807, 2.05) is 29.2 Å². The highest BCUT2D eigenvalue weighted by Crippen LogP contribution is 2.11. The first-order valence-electron chi connectivity index (χ1n) is 6.47. The first-order valence-corrected chi connectivity index (χ1v) is 7.54. The number of nitrogens with zero attached hydrogens (tertiary/aromatic N) is 2. The van der Waals surface area contributed by atoms with Gasteiger partial charge in [-0.1, -0.05) is 0 Å². The van der Waals surface area contributed by atoms with Gasteiger partial charge in [0.05, 0.1) is 6.61 Å². The number of hydrogen-bond donors (Lipinski definition) is 0. The molecular weight excluding hydrogens is 355 g/mol. The van der Waals surface area contributed by atoms with Crippen molar-refractivity contribution in [3.63, 3.8) is 0 Å². The summed E-state index contributed by atoms with van der Waals surface area (Å²) < 4.78 is 6.23. The van der Waals surface area contributed by atoms with Crippen LogP contribution in [-0.2, 0) is 4.74 Å². The van der Waals surface area contributed by atoms with Crippen molar-refractivity contribution in [1.82, 2.24) is 9.80 Å². The third-order valence-electron chi connectivity index (χ3n) is 3.36. The number of piperazine rings is 1. The van der Waals surface area contributed by atoms with E-state index in [2.05, 4.69) is 27.5 Å². The van der Waals surface area contributed by atoms with E-state index in [4.69, 9.17) is 4.74 Å². The smallest absolute Gasteiger partial charge is 0.253 e. The molecule has 1 fully saturated rings. The van der Waals surface area contributed by atoms with Crippen molar-refractivity contribution in [2.45, 2.75) is 0 Å². The molecule has 1 heterocycles. The molecular formula is C14H19IN2O2. The molecule has 1 aromatic rings. The molecule has 104 valence electrons. The summed E-state index contributed by atoms with van der Waals surface area (Å²) in [5.74, 6) is 0.141. The molecule has 0 bridgehead atoms. The Morgan fingerprint density at radius 3 is 2.42 bits per heavy atom. The van der Waals surface area contributed by atoms with Crippen LogP contribution in [0.5, 0.6) is 0 Å². The highest BCUT2D eigenvalue weighted by Gasteiger charge is 2.21. The van der Waals surface area contributed by atoms with Crippen LogP contribution in [0.15, 0.2) is 24.3 Å². The summed E-state index contributed by atoms with van der Waals surface area (Å²) in [6.45, 7) is 5.16. The van der Waals surface area contributed by atoms with Crippen LogP contribution in [0, 0.1) is 3.57 Å². The van der Waals surface area contributed by atoms with Crippen LogP contribution in [-0.4, -0.2) is 62.1 Å². The van der Waals surface area contributed by atoms with E-state index >= 15 is 0 Å². The summed E-state index contributed by atoms with van der Waals surface area (Å²) >= 11 is 2.25. The third kappa shape index (κ3) is 4.15. The molecule has 4 nitrogen and oxygen atoms in total. The monoisotopic (exact) mass is 374 g/mol. The minimum atomic E-state index is 0.141. The number of carbonyl (C=O) groups excluding carboxylic acids is 1. The molecule has 1 aliphatic heterocycles. The van der Waals surface area contributed by atoms with Crippen molar-refractivity contribution in [2.24, 2.45) is 0 Å². The van der Waals surface area contributed by atoms with E-state index in [1.54, 1.807) is 7.11 Å². The van der Waals surface area contributed by atoms with Gasteiger partial charge >= 0.3 is 0 Å². The summed E-state index contributed by atoms with van der Waals surface area (Å²) in [5, 5.41) is 0. The maximum absolute atomic E-state index is 12.3. The molecule has 1 aromatic carbocycles. The Kier molecular flexibility index (Phi) is 5.59. The molecule has 2 rings (SSSR count). The van der Waals surface area contributed by atoms with Gasteiger partial charge in [-0.2, -0.15) is 0 Å². The molecule has 1 amide bonds. The molecule has 1 aliphatic rings. The van der Waals surface area contributed by atoms with E-state index in [0.717, 1.165) is 48.5 Å². The highest BCUT2D eigenvalue weighted by atomic mass is 127. The van der Waals surface area contributed by atoms with Crippen LogP contribution in [0.2, 0.25) is 0 Å². The van der Waals surface area contributed by atoms with Gasteiger partial charge in [0, 0.05) is 49.0 Å². The Morgan fingerprint density at radius 2 is 1.84 bits per heavy atom. The molecule has 0 spiro atoms. The van der Waals surface area contributed by atoms with Gasteiger partial charge in [0.25, 0.3) is 5.91 Å². The SMILES string of the molecule is COCCN1CCN(C(=O)c2ccc(I)cc2)CC1. The van der Waals surface area contributed by atoms with E-state index in [1.165, 1.54) is 0 Å². The summed E-state index contributed by atoms with van der Waals surface area (Å²) in [5.41, 5.74) is 0.783. The zero-order valence-corrected chi connectivity index (χ0v) is 13.3. The quantitative estimate of drug-likeness (QED) is 0.753. The van der Waals surface area contributed by atoms with Gasteiger partial charge in [-0.25, -0.2) is 0 Å². The Bertz CT molecular complexity index is 414. The van der Waals surface area contributed by atoms with Gasteiger partial charge in [0.15, 0.2) is 0 Å². The highest BCUT2D eigenvalue weighted by molar-refractivity contribution is 14.1. The molecule has 1 saturated heterocycles.